The van der Waals surface area contributed by atoms with Crippen LogP contribution in [0, 0.1) is 0 Å². The van der Waals surface area contributed by atoms with Crippen LogP contribution in [0.5, 0.6) is 0 Å². The Kier molecular flexibility index (Phi) is 3.47. The molecule has 0 saturated carbocycles. The van der Waals surface area contributed by atoms with Gasteiger partial charge in [0.1, 0.15) is 11.2 Å². The molecule has 6 heteroatoms. The zero-order chi connectivity index (χ0) is 19.4. The Hall–Kier alpha value is -3.67. The number of aryl methyl sites for hydroxylation is 1. The lowest BCUT2D eigenvalue weighted by atomic mass is 10.0. The lowest BCUT2D eigenvalue weighted by Crippen LogP contribution is -2.20. The summed E-state index contributed by atoms with van der Waals surface area (Å²) in [6, 6.07) is 13.6. The molecule has 0 unspecified atom stereocenters. The van der Waals surface area contributed by atoms with Gasteiger partial charge in [0.05, 0.1) is 24.5 Å². The minimum absolute atomic E-state index is 0.192. The number of rotatable bonds is 3. The molecule has 1 aliphatic carbocycles. The molecule has 0 fully saturated rings. The van der Waals surface area contributed by atoms with Gasteiger partial charge >= 0.3 is 0 Å². The second-order valence-corrected chi connectivity index (χ2v) is 7.37. The average molecular weight is 383 g/mol. The van der Waals surface area contributed by atoms with Gasteiger partial charge in [-0.15, -0.1) is 0 Å². The standard InChI is InChI=1S/C23H17N3O3/c27-23-21-20(24-13-26(23)12-14-6-2-1-3-7-14)18-15-8-4-9-16(15)19(25-22(18)29-21)17-10-5-11-28-17/h1-3,5-7,10-11,13H,4,8-9,12H2. The van der Waals surface area contributed by atoms with E-state index >= 15 is 0 Å². The first-order chi connectivity index (χ1) is 14.3. The lowest BCUT2D eigenvalue weighted by Gasteiger charge is -2.06. The summed E-state index contributed by atoms with van der Waals surface area (Å²) in [6.07, 6.45) is 6.15. The van der Waals surface area contributed by atoms with E-state index in [0.717, 1.165) is 41.7 Å². The third-order valence-electron chi connectivity index (χ3n) is 5.61. The Labute approximate surface area is 165 Å². The third-order valence-corrected chi connectivity index (χ3v) is 5.61. The van der Waals surface area contributed by atoms with E-state index < -0.39 is 0 Å². The van der Waals surface area contributed by atoms with Crippen molar-refractivity contribution in [2.24, 2.45) is 0 Å². The van der Waals surface area contributed by atoms with E-state index in [1.165, 1.54) is 11.1 Å². The van der Waals surface area contributed by atoms with Crippen LogP contribution in [0.15, 0.2) is 68.7 Å². The molecule has 0 atom stereocenters. The predicted molar refractivity (Wildman–Crippen MR) is 109 cm³/mol. The third kappa shape index (κ3) is 2.45. The molecule has 6 rings (SSSR count). The minimum Gasteiger partial charge on any atom is -0.463 e. The van der Waals surface area contributed by atoms with Gasteiger partial charge in [-0.2, -0.15) is 0 Å². The predicted octanol–water partition coefficient (Wildman–Crippen LogP) is 4.33. The van der Waals surface area contributed by atoms with Crippen LogP contribution in [0.1, 0.15) is 23.1 Å². The van der Waals surface area contributed by atoms with Crippen LogP contribution in [-0.4, -0.2) is 14.5 Å². The largest absolute Gasteiger partial charge is 0.463 e. The molecule has 0 saturated heterocycles. The van der Waals surface area contributed by atoms with Gasteiger partial charge in [0.2, 0.25) is 11.3 Å². The number of pyridine rings is 1. The second-order valence-electron chi connectivity index (χ2n) is 7.37. The highest BCUT2D eigenvalue weighted by molar-refractivity contribution is 6.04. The second kappa shape index (κ2) is 6.17. The first kappa shape index (κ1) is 16.3. The Morgan fingerprint density at radius 2 is 1.90 bits per heavy atom. The molecule has 6 nitrogen and oxygen atoms in total. The molecule has 0 radical (unpaired) electrons. The van der Waals surface area contributed by atoms with Crippen molar-refractivity contribution in [2.75, 3.05) is 0 Å². The first-order valence-electron chi connectivity index (χ1n) is 9.71. The van der Waals surface area contributed by atoms with Crippen LogP contribution >= 0.6 is 0 Å². The molecular formula is C23H17N3O3. The maximum absolute atomic E-state index is 13.1. The first-order valence-corrected chi connectivity index (χ1v) is 9.71. The van der Waals surface area contributed by atoms with Gasteiger partial charge in [-0.3, -0.25) is 9.36 Å². The van der Waals surface area contributed by atoms with E-state index in [0.29, 0.717) is 17.8 Å². The lowest BCUT2D eigenvalue weighted by molar-refractivity contribution is 0.577. The number of fused-ring (bicyclic) bond motifs is 5. The maximum Gasteiger partial charge on any atom is 0.297 e. The van der Waals surface area contributed by atoms with Gasteiger partial charge in [-0.1, -0.05) is 30.3 Å². The molecule has 0 bridgehead atoms. The van der Waals surface area contributed by atoms with Crippen LogP contribution in [0.2, 0.25) is 0 Å². The van der Waals surface area contributed by atoms with E-state index in [1.54, 1.807) is 17.2 Å². The van der Waals surface area contributed by atoms with Crippen molar-refractivity contribution in [1.29, 1.82) is 0 Å². The molecule has 4 heterocycles. The van der Waals surface area contributed by atoms with Gasteiger partial charge < -0.3 is 8.83 Å². The molecular weight excluding hydrogens is 366 g/mol. The zero-order valence-corrected chi connectivity index (χ0v) is 15.6. The average Bonchev–Trinajstić information content (AvgIpc) is 3.49. The normalized spacial score (nSPS) is 13.4. The molecule has 1 aliphatic rings. The molecule has 0 aliphatic heterocycles. The van der Waals surface area contributed by atoms with Gasteiger partial charge in [0.25, 0.3) is 5.56 Å². The fourth-order valence-electron chi connectivity index (χ4n) is 4.30. The quantitative estimate of drug-likeness (QED) is 0.463. The summed E-state index contributed by atoms with van der Waals surface area (Å²) in [5.41, 5.74) is 5.31. The number of benzene rings is 1. The molecule has 0 amide bonds. The summed E-state index contributed by atoms with van der Waals surface area (Å²) >= 11 is 0. The highest BCUT2D eigenvalue weighted by atomic mass is 16.3. The number of nitrogens with zero attached hydrogens (tertiary/aromatic N) is 3. The Morgan fingerprint density at radius 3 is 2.72 bits per heavy atom. The van der Waals surface area contributed by atoms with Crippen molar-refractivity contribution in [3.8, 4) is 11.5 Å². The summed E-state index contributed by atoms with van der Waals surface area (Å²) in [6.45, 7) is 0.447. The molecule has 1 aromatic carbocycles. The van der Waals surface area contributed by atoms with Crippen molar-refractivity contribution in [3.63, 3.8) is 0 Å². The van der Waals surface area contributed by atoms with Gasteiger partial charge in [0.15, 0.2) is 5.76 Å². The van der Waals surface area contributed by atoms with Crippen molar-refractivity contribution in [3.05, 3.63) is 82.1 Å². The molecule has 0 spiro atoms. The van der Waals surface area contributed by atoms with Crippen molar-refractivity contribution >= 4 is 22.2 Å². The highest BCUT2D eigenvalue weighted by Gasteiger charge is 2.27. The summed E-state index contributed by atoms with van der Waals surface area (Å²) in [5.74, 6) is 0.722. The number of hydrogen-bond acceptors (Lipinski definition) is 5. The van der Waals surface area contributed by atoms with Crippen LogP contribution in [0.25, 0.3) is 33.7 Å². The van der Waals surface area contributed by atoms with Crippen molar-refractivity contribution in [1.82, 2.24) is 14.5 Å². The molecule has 29 heavy (non-hydrogen) atoms. The number of hydrogen-bond donors (Lipinski definition) is 0. The van der Waals surface area contributed by atoms with Crippen molar-refractivity contribution in [2.45, 2.75) is 25.8 Å². The Morgan fingerprint density at radius 1 is 1.03 bits per heavy atom. The summed E-state index contributed by atoms with van der Waals surface area (Å²) < 4.78 is 13.1. The van der Waals surface area contributed by atoms with E-state index in [1.807, 2.05) is 42.5 Å². The Balaban J connectivity index is 1.59. The fourth-order valence-corrected chi connectivity index (χ4v) is 4.30. The highest BCUT2D eigenvalue weighted by Crippen LogP contribution is 2.39. The number of furan rings is 2. The van der Waals surface area contributed by atoms with Crippen LogP contribution in [0.4, 0.5) is 0 Å². The van der Waals surface area contributed by atoms with E-state index in [-0.39, 0.29) is 11.1 Å². The summed E-state index contributed by atoms with van der Waals surface area (Å²) in [4.78, 5) is 22.4. The summed E-state index contributed by atoms with van der Waals surface area (Å²) in [7, 11) is 0. The summed E-state index contributed by atoms with van der Waals surface area (Å²) in [5, 5.41) is 0.867. The minimum atomic E-state index is -0.192. The Bertz CT molecular complexity index is 1410. The van der Waals surface area contributed by atoms with Gasteiger partial charge in [0, 0.05) is 0 Å². The molecule has 142 valence electrons. The van der Waals surface area contributed by atoms with Crippen LogP contribution in [-0.2, 0) is 19.4 Å². The maximum atomic E-state index is 13.1. The molecule has 4 aromatic heterocycles. The van der Waals surface area contributed by atoms with Crippen molar-refractivity contribution < 1.29 is 8.83 Å². The van der Waals surface area contributed by atoms with E-state index in [4.69, 9.17) is 13.8 Å². The van der Waals surface area contributed by atoms with Crippen LogP contribution < -0.4 is 5.56 Å². The van der Waals surface area contributed by atoms with E-state index in [2.05, 4.69) is 4.98 Å². The number of aromatic nitrogens is 3. The molecule has 5 aromatic rings. The smallest absolute Gasteiger partial charge is 0.297 e. The molecule has 0 N–H and O–H groups in total. The zero-order valence-electron chi connectivity index (χ0n) is 15.6. The fraction of sp³-hybridized carbons (Fsp3) is 0.174. The topological polar surface area (TPSA) is 74.1 Å². The monoisotopic (exact) mass is 383 g/mol. The SMILES string of the molecule is O=c1c2oc3nc(-c4ccco4)c4c(c3c2ncn1Cc1ccccc1)CCC4. The van der Waals surface area contributed by atoms with E-state index in [9.17, 15) is 4.79 Å². The van der Waals surface area contributed by atoms with Gasteiger partial charge in [-0.05, 0) is 48.1 Å². The van der Waals surface area contributed by atoms with Gasteiger partial charge in [-0.25, -0.2) is 9.97 Å². The van der Waals surface area contributed by atoms with Crippen LogP contribution in [0.3, 0.4) is 0 Å².